The first-order chi connectivity index (χ1) is 10.6. The van der Waals surface area contributed by atoms with E-state index in [9.17, 15) is 13.2 Å². The zero-order chi connectivity index (χ0) is 17.4. The third-order valence-electron chi connectivity index (χ3n) is 4.12. The normalized spacial score (nSPS) is 21.9. The second-order valence-corrected chi connectivity index (χ2v) is 9.37. The van der Waals surface area contributed by atoms with E-state index >= 15 is 0 Å². The van der Waals surface area contributed by atoms with E-state index in [2.05, 4.69) is 4.74 Å². The molecule has 23 heavy (non-hydrogen) atoms. The number of nitrogens with two attached hydrogens (primary N) is 1. The Morgan fingerprint density at radius 1 is 1.43 bits per heavy atom. The topological polar surface area (TPSA) is 98.9 Å². The van der Waals surface area contributed by atoms with E-state index in [0.29, 0.717) is 19.5 Å². The largest absolute Gasteiger partial charge is 0.494 e. The first kappa shape index (κ1) is 18.2. The summed E-state index contributed by atoms with van der Waals surface area (Å²) in [4.78, 5) is 11.8. The average molecular weight is 362 g/mol. The minimum absolute atomic E-state index is 0.0201. The van der Waals surface area contributed by atoms with Crippen molar-refractivity contribution in [2.75, 3.05) is 27.3 Å². The van der Waals surface area contributed by atoms with Crippen molar-refractivity contribution in [1.29, 1.82) is 0 Å². The molecular weight excluding hydrogens is 340 g/mol. The number of esters is 1. The lowest BCUT2D eigenvalue weighted by Gasteiger charge is -2.41. The molecule has 2 N–H and O–H groups in total. The highest BCUT2D eigenvalue weighted by molar-refractivity contribution is 7.91. The summed E-state index contributed by atoms with van der Waals surface area (Å²) in [5.74, 6) is -0.432. The molecule has 0 aromatic carbocycles. The lowest BCUT2D eigenvalue weighted by atomic mass is 9.81. The number of rotatable bonds is 4. The zero-order valence-electron chi connectivity index (χ0n) is 13.7. The molecule has 1 fully saturated rings. The number of carbonyl (C=O) groups is 1. The fourth-order valence-corrected chi connectivity index (χ4v) is 5.79. The maximum Gasteiger partial charge on any atom is 0.348 e. The molecule has 0 radical (unpaired) electrons. The van der Waals surface area contributed by atoms with Crippen LogP contribution in [-0.4, -0.2) is 52.0 Å². The molecule has 9 heteroatoms. The Labute approximate surface area is 140 Å². The Morgan fingerprint density at radius 3 is 2.61 bits per heavy atom. The first-order valence-electron chi connectivity index (χ1n) is 7.15. The second-order valence-electron chi connectivity index (χ2n) is 6.18. The van der Waals surface area contributed by atoms with Gasteiger partial charge in [-0.1, -0.05) is 13.8 Å². The highest BCUT2D eigenvalue weighted by Gasteiger charge is 2.40. The first-order valence-corrected chi connectivity index (χ1v) is 9.41. The second kappa shape index (κ2) is 6.39. The number of sulfonamides is 1. The van der Waals surface area contributed by atoms with E-state index in [-0.39, 0.29) is 26.3 Å². The van der Waals surface area contributed by atoms with E-state index < -0.39 is 16.0 Å². The van der Waals surface area contributed by atoms with Crippen LogP contribution in [-0.2, 0) is 14.8 Å². The molecule has 2 rings (SSSR count). The minimum Gasteiger partial charge on any atom is -0.494 e. The van der Waals surface area contributed by atoms with Crippen LogP contribution in [0, 0.1) is 5.41 Å². The fourth-order valence-electron chi connectivity index (χ4n) is 2.53. The average Bonchev–Trinajstić information content (AvgIpc) is 2.94. The van der Waals surface area contributed by atoms with Gasteiger partial charge in [0.15, 0.2) is 9.96 Å². The van der Waals surface area contributed by atoms with Crippen molar-refractivity contribution >= 4 is 27.3 Å². The SMILES string of the molecule is COC(=O)c1cc(OC)c(S(=O)(=O)N2CCC(N)C(C)(C)C2)s1. The quantitative estimate of drug-likeness (QED) is 0.811. The lowest BCUT2D eigenvalue weighted by Crippen LogP contribution is -2.53. The van der Waals surface area contributed by atoms with Crippen LogP contribution in [0.3, 0.4) is 0 Å². The Morgan fingerprint density at radius 2 is 2.09 bits per heavy atom. The van der Waals surface area contributed by atoms with Gasteiger partial charge < -0.3 is 15.2 Å². The van der Waals surface area contributed by atoms with Crippen molar-refractivity contribution in [2.45, 2.75) is 30.5 Å². The van der Waals surface area contributed by atoms with Gasteiger partial charge in [0.05, 0.1) is 14.2 Å². The van der Waals surface area contributed by atoms with Crippen LogP contribution in [0.15, 0.2) is 10.3 Å². The Bertz CT molecular complexity index is 696. The van der Waals surface area contributed by atoms with Gasteiger partial charge in [0.25, 0.3) is 10.0 Å². The zero-order valence-corrected chi connectivity index (χ0v) is 15.3. The van der Waals surface area contributed by atoms with Crippen molar-refractivity contribution in [3.05, 3.63) is 10.9 Å². The van der Waals surface area contributed by atoms with Crippen molar-refractivity contribution in [3.8, 4) is 5.75 Å². The molecule has 0 saturated carbocycles. The van der Waals surface area contributed by atoms with Crippen LogP contribution in [0.25, 0.3) is 0 Å². The number of carbonyl (C=O) groups excluding carboxylic acids is 1. The predicted molar refractivity (Wildman–Crippen MR) is 87.3 cm³/mol. The molecule has 1 aliphatic heterocycles. The van der Waals surface area contributed by atoms with E-state index in [1.54, 1.807) is 0 Å². The van der Waals surface area contributed by atoms with Gasteiger partial charge in [0, 0.05) is 25.2 Å². The monoisotopic (exact) mass is 362 g/mol. The van der Waals surface area contributed by atoms with E-state index in [4.69, 9.17) is 10.5 Å². The number of methoxy groups -OCH3 is 2. The van der Waals surface area contributed by atoms with Gasteiger partial charge in [-0.3, -0.25) is 0 Å². The van der Waals surface area contributed by atoms with Crippen molar-refractivity contribution < 1.29 is 22.7 Å². The Balaban J connectivity index is 2.40. The van der Waals surface area contributed by atoms with Crippen molar-refractivity contribution in [2.24, 2.45) is 11.1 Å². The van der Waals surface area contributed by atoms with E-state index in [0.717, 1.165) is 11.3 Å². The summed E-state index contributed by atoms with van der Waals surface area (Å²) in [6, 6.07) is 1.34. The fraction of sp³-hybridized carbons (Fsp3) is 0.643. The molecule has 1 unspecified atom stereocenters. The number of hydrogen-bond acceptors (Lipinski definition) is 7. The summed E-state index contributed by atoms with van der Waals surface area (Å²) in [5.41, 5.74) is 5.75. The molecule has 1 saturated heterocycles. The number of ether oxygens (including phenoxy) is 2. The summed E-state index contributed by atoms with van der Waals surface area (Å²) in [7, 11) is -1.14. The molecule has 1 atom stereocenters. The molecule has 1 aromatic heterocycles. The van der Waals surface area contributed by atoms with E-state index in [1.165, 1.54) is 24.6 Å². The van der Waals surface area contributed by atoms with Crippen LogP contribution in [0.5, 0.6) is 5.75 Å². The van der Waals surface area contributed by atoms with Gasteiger partial charge in [-0.15, -0.1) is 11.3 Å². The standard InChI is InChI=1S/C14H22N2O5S2/c1-14(2)8-16(6-5-11(14)15)23(18,19)13-9(20-3)7-10(22-13)12(17)21-4/h7,11H,5-6,8,15H2,1-4H3. The maximum absolute atomic E-state index is 12.9. The Hall–Kier alpha value is -1.16. The van der Waals surface area contributed by atoms with Gasteiger partial charge in [-0.2, -0.15) is 4.31 Å². The lowest BCUT2D eigenvalue weighted by molar-refractivity contribution is 0.0606. The predicted octanol–water partition coefficient (Wildman–Crippen LogP) is 1.29. The molecule has 0 amide bonds. The Kier molecular flexibility index (Phi) is 5.05. The third kappa shape index (κ3) is 3.37. The summed E-state index contributed by atoms with van der Waals surface area (Å²) in [5, 5.41) is 0. The maximum atomic E-state index is 12.9. The minimum atomic E-state index is -3.76. The van der Waals surface area contributed by atoms with Gasteiger partial charge in [0.1, 0.15) is 4.88 Å². The highest BCUT2D eigenvalue weighted by Crippen LogP contribution is 2.38. The van der Waals surface area contributed by atoms with Gasteiger partial charge in [-0.25, -0.2) is 13.2 Å². The van der Waals surface area contributed by atoms with Crippen LogP contribution in [0.2, 0.25) is 0 Å². The molecule has 0 aliphatic carbocycles. The molecule has 130 valence electrons. The molecule has 0 bridgehead atoms. The highest BCUT2D eigenvalue weighted by atomic mass is 32.2. The van der Waals surface area contributed by atoms with Gasteiger partial charge in [0.2, 0.25) is 0 Å². The van der Waals surface area contributed by atoms with Crippen LogP contribution in [0.4, 0.5) is 0 Å². The summed E-state index contributed by atoms with van der Waals surface area (Å²) >= 11 is 0.858. The smallest absolute Gasteiger partial charge is 0.348 e. The number of thiophene rings is 1. The van der Waals surface area contributed by atoms with Gasteiger partial charge in [-0.05, 0) is 11.8 Å². The van der Waals surface area contributed by atoms with E-state index in [1.807, 2.05) is 13.8 Å². The number of piperidine rings is 1. The van der Waals surface area contributed by atoms with Gasteiger partial charge >= 0.3 is 5.97 Å². The van der Waals surface area contributed by atoms with Crippen LogP contribution in [0.1, 0.15) is 29.9 Å². The molecule has 0 spiro atoms. The van der Waals surface area contributed by atoms with Crippen molar-refractivity contribution in [3.63, 3.8) is 0 Å². The molecule has 1 aliphatic rings. The molecule has 2 heterocycles. The van der Waals surface area contributed by atoms with Crippen LogP contribution < -0.4 is 10.5 Å². The molecule has 7 nitrogen and oxygen atoms in total. The number of hydrogen-bond donors (Lipinski definition) is 1. The van der Waals surface area contributed by atoms with Crippen molar-refractivity contribution in [1.82, 2.24) is 4.31 Å². The summed E-state index contributed by atoms with van der Waals surface area (Å²) < 4.78 is 37.1. The molecular formula is C14H22N2O5S2. The summed E-state index contributed by atoms with van der Waals surface area (Å²) in [6.45, 7) is 4.57. The third-order valence-corrected chi connectivity index (χ3v) is 7.56. The molecule has 1 aromatic rings. The van der Waals surface area contributed by atoms with Crippen LogP contribution >= 0.6 is 11.3 Å². The number of nitrogens with zero attached hydrogens (tertiary/aromatic N) is 1. The summed E-state index contributed by atoms with van der Waals surface area (Å²) in [6.07, 6.45) is 0.587.